The molecule has 1 aromatic heterocycles. The van der Waals surface area contributed by atoms with Crippen molar-refractivity contribution in [2.45, 2.75) is 6.54 Å². The van der Waals surface area contributed by atoms with Gasteiger partial charge < -0.3 is 9.64 Å². The van der Waals surface area contributed by atoms with Crippen molar-refractivity contribution >= 4 is 21.6 Å². The summed E-state index contributed by atoms with van der Waals surface area (Å²) in [5.41, 5.74) is 1.59. The summed E-state index contributed by atoms with van der Waals surface area (Å²) in [5, 5.41) is 4.09. The molecular formula is C17H20BrFN4O2. The van der Waals surface area contributed by atoms with Gasteiger partial charge in [-0.2, -0.15) is 5.10 Å². The molecule has 134 valence electrons. The van der Waals surface area contributed by atoms with E-state index in [0.717, 1.165) is 37.4 Å². The van der Waals surface area contributed by atoms with Crippen molar-refractivity contribution in [2.75, 3.05) is 38.2 Å². The lowest BCUT2D eigenvalue weighted by Gasteiger charge is -2.36. The minimum atomic E-state index is -0.339. The van der Waals surface area contributed by atoms with Crippen molar-refractivity contribution in [2.24, 2.45) is 7.05 Å². The van der Waals surface area contributed by atoms with Crippen molar-refractivity contribution < 1.29 is 9.13 Å². The molecular weight excluding hydrogens is 391 g/mol. The van der Waals surface area contributed by atoms with Gasteiger partial charge in [0, 0.05) is 39.8 Å². The Balaban J connectivity index is 1.63. The van der Waals surface area contributed by atoms with Crippen molar-refractivity contribution in [3.8, 4) is 5.75 Å². The molecule has 1 aliphatic heterocycles. The molecule has 6 nitrogen and oxygen atoms in total. The predicted molar refractivity (Wildman–Crippen MR) is 97.6 cm³/mol. The Labute approximate surface area is 153 Å². The topological polar surface area (TPSA) is 50.6 Å². The van der Waals surface area contributed by atoms with Crippen molar-refractivity contribution in [1.82, 2.24) is 14.7 Å². The fourth-order valence-electron chi connectivity index (χ4n) is 2.94. The van der Waals surface area contributed by atoms with Gasteiger partial charge in [-0.25, -0.2) is 9.07 Å². The number of rotatable bonds is 4. The van der Waals surface area contributed by atoms with Crippen LogP contribution in [0.5, 0.6) is 5.75 Å². The minimum absolute atomic E-state index is 0.145. The van der Waals surface area contributed by atoms with Crippen LogP contribution in [0.1, 0.15) is 5.56 Å². The maximum atomic E-state index is 13.8. The molecule has 8 heteroatoms. The first kappa shape index (κ1) is 17.9. The summed E-state index contributed by atoms with van der Waals surface area (Å²) in [6.45, 7) is 3.91. The number of aryl methyl sites for hydroxylation is 1. The summed E-state index contributed by atoms with van der Waals surface area (Å²) in [6.07, 6.45) is 1.71. The Hall–Kier alpha value is -1.93. The summed E-state index contributed by atoms with van der Waals surface area (Å²) in [7, 11) is 3.09. The molecule has 25 heavy (non-hydrogen) atoms. The third-order valence-electron chi connectivity index (χ3n) is 4.40. The van der Waals surface area contributed by atoms with E-state index in [0.29, 0.717) is 11.0 Å². The fourth-order valence-corrected chi connectivity index (χ4v) is 3.55. The molecule has 1 saturated heterocycles. The lowest BCUT2D eigenvalue weighted by atomic mass is 10.1. The number of halogens is 2. The molecule has 0 unspecified atom stereocenters. The zero-order valence-electron chi connectivity index (χ0n) is 14.2. The molecule has 0 N–H and O–H groups in total. The second-order valence-corrected chi connectivity index (χ2v) is 6.80. The number of piperazine rings is 1. The average molecular weight is 411 g/mol. The Kier molecular flexibility index (Phi) is 5.39. The van der Waals surface area contributed by atoms with Gasteiger partial charge in [0.15, 0.2) is 11.6 Å². The van der Waals surface area contributed by atoms with Gasteiger partial charge in [-0.1, -0.05) is 6.07 Å². The van der Waals surface area contributed by atoms with E-state index in [2.05, 4.69) is 30.8 Å². The summed E-state index contributed by atoms with van der Waals surface area (Å²) < 4.78 is 20.6. The molecule has 0 atom stereocenters. The number of nitrogens with zero attached hydrogens (tertiary/aromatic N) is 4. The Morgan fingerprint density at radius 1 is 1.28 bits per heavy atom. The first-order chi connectivity index (χ1) is 12.0. The largest absolute Gasteiger partial charge is 0.494 e. The minimum Gasteiger partial charge on any atom is -0.494 e. The summed E-state index contributed by atoms with van der Waals surface area (Å²) in [6, 6.07) is 5.06. The molecule has 1 fully saturated rings. The van der Waals surface area contributed by atoms with Crippen LogP contribution in [0.3, 0.4) is 0 Å². The molecule has 1 aliphatic rings. The highest BCUT2D eigenvalue weighted by Gasteiger charge is 2.21. The van der Waals surface area contributed by atoms with Gasteiger partial charge in [-0.05, 0) is 33.6 Å². The molecule has 0 amide bonds. The van der Waals surface area contributed by atoms with Crippen LogP contribution in [0.4, 0.5) is 10.1 Å². The third kappa shape index (κ3) is 3.85. The molecule has 0 bridgehead atoms. The van der Waals surface area contributed by atoms with E-state index in [9.17, 15) is 9.18 Å². The van der Waals surface area contributed by atoms with E-state index in [1.54, 1.807) is 19.3 Å². The number of benzene rings is 1. The van der Waals surface area contributed by atoms with Crippen molar-refractivity contribution in [3.63, 3.8) is 0 Å². The quantitative estimate of drug-likeness (QED) is 0.771. The van der Waals surface area contributed by atoms with Crippen LogP contribution in [-0.2, 0) is 13.6 Å². The Morgan fingerprint density at radius 3 is 2.64 bits per heavy atom. The highest BCUT2D eigenvalue weighted by atomic mass is 79.9. The van der Waals surface area contributed by atoms with Crippen LogP contribution in [-0.4, -0.2) is 48.0 Å². The highest BCUT2D eigenvalue weighted by Crippen LogP contribution is 2.24. The first-order valence-electron chi connectivity index (χ1n) is 8.01. The molecule has 1 aromatic carbocycles. The van der Waals surface area contributed by atoms with Crippen LogP contribution < -0.4 is 15.2 Å². The number of hydrogen-bond donors (Lipinski definition) is 0. The van der Waals surface area contributed by atoms with Crippen molar-refractivity contribution in [3.05, 3.63) is 50.6 Å². The number of hydrogen-bond acceptors (Lipinski definition) is 5. The summed E-state index contributed by atoms with van der Waals surface area (Å²) in [4.78, 5) is 16.4. The van der Waals surface area contributed by atoms with Gasteiger partial charge in [0.25, 0.3) is 5.56 Å². The van der Waals surface area contributed by atoms with Crippen LogP contribution in [0, 0.1) is 5.82 Å². The molecule has 0 radical (unpaired) electrons. The molecule has 2 aromatic rings. The Morgan fingerprint density at radius 2 is 2.00 bits per heavy atom. The molecule has 2 heterocycles. The number of methoxy groups -OCH3 is 1. The highest BCUT2D eigenvalue weighted by molar-refractivity contribution is 9.10. The maximum absolute atomic E-state index is 13.8. The molecule has 0 spiro atoms. The normalized spacial score (nSPS) is 15.4. The van der Waals surface area contributed by atoms with Gasteiger partial charge in [0.2, 0.25) is 0 Å². The average Bonchev–Trinajstić information content (AvgIpc) is 2.61. The molecule has 0 aliphatic carbocycles. The number of aromatic nitrogens is 2. The lowest BCUT2D eigenvalue weighted by Crippen LogP contribution is -2.46. The zero-order chi connectivity index (χ0) is 18.0. The standard InChI is InChI=1S/C17H20BrFN4O2/c1-21-17(24)16(18)14(10-20-21)23-7-5-22(6-8-23)11-12-3-4-15(25-2)13(19)9-12/h3-4,9-10H,5-8,11H2,1-2H3. The van der Waals surface area contributed by atoms with Gasteiger partial charge in [0.1, 0.15) is 4.47 Å². The van der Waals surface area contributed by atoms with Gasteiger partial charge in [0.05, 0.1) is 19.0 Å². The summed E-state index contributed by atoms with van der Waals surface area (Å²) in [5.74, 6) is -0.0784. The zero-order valence-corrected chi connectivity index (χ0v) is 15.8. The SMILES string of the molecule is COc1ccc(CN2CCN(c3cnn(C)c(=O)c3Br)CC2)cc1F. The van der Waals surface area contributed by atoms with Crippen LogP contribution >= 0.6 is 15.9 Å². The van der Waals surface area contributed by atoms with Crippen LogP contribution in [0.2, 0.25) is 0 Å². The fraction of sp³-hybridized carbons (Fsp3) is 0.412. The first-order valence-corrected chi connectivity index (χ1v) is 8.80. The smallest absolute Gasteiger partial charge is 0.282 e. The van der Waals surface area contributed by atoms with Gasteiger partial charge in [-0.15, -0.1) is 0 Å². The van der Waals surface area contributed by atoms with Crippen molar-refractivity contribution in [1.29, 1.82) is 0 Å². The van der Waals surface area contributed by atoms with Gasteiger partial charge in [-0.3, -0.25) is 9.69 Å². The maximum Gasteiger partial charge on any atom is 0.282 e. The van der Waals surface area contributed by atoms with Gasteiger partial charge >= 0.3 is 0 Å². The third-order valence-corrected chi connectivity index (χ3v) is 5.14. The van der Waals surface area contributed by atoms with E-state index in [1.807, 2.05) is 6.07 Å². The second kappa shape index (κ2) is 7.53. The molecule has 0 saturated carbocycles. The monoisotopic (exact) mass is 410 g/mol. The van der Waals surface area contributed by atoms with E-state index < -0.39 is 0 Å². The van der Waals surface area contributed by atoms with E-state index in [1.165, 1.54) is 17.9 Å². The summed E-state index contributed by atoms with van der Waals surface area (Å²) >= 11 is 3.37. The van der Waals surface area contributed by atoms with Crippen LogP contribution in [0.25, 0.3) is 0 Å². The number of ether oxygens (including phenoxy) is 1. The van der Waals surface area contributed by atoms with Crippen LogP contribution in [0.15, 0.2) is 33.7 Å². The molecule has 3 rings (SSSR count). The predicted octanol–water partition coefficient (Wildman–Crippen LogP) is 2.01. The van der Waals surface area contributed by atoms with E-state index >= 15 is 0 Å². The lowest BCUT2D eigenvalue weighted by molar-refractivity contribution is 0.249. The van der Waals surface area contributed by atoms with E-state index in [4.69, 9.17) is 4.74 Å². The number of anilines is 1. The Bertz CT molecular complexity index is 819. The second-order valence-electron chi connectivity index (χ2n) is 6.00. The van der Waals surface area contributed by atoms with E-state index in [-0.39, 0.29) is 17.1 Å².